The monoisotopic (exact) mass is 387 g/mol. The lowest BCUT2D eigenvalue weighted by molar-refractivity contribution is 0.102. The van der Waals surface area contributed by atoms with E-state index in [2.05, 4.69) is 47.1 Å². The van der Waals surface area contributed by atoms with Crippen LogP contribution in [0.25, 0.3) is 0 Å². The van der Waals surface area contributed by atoms with Crippen molar-refractivity contribution < 1.29 is 9.18 Å². The second-order valence-corrected chi connectivity index (χ2v) is 5.33. The molecule has 1 aromatic heterocycles. The van der Waals surface area contributed by atoms with Gasteiger partial charge in [0.25, 0.3) is 5.91 Å². The molecule has 7 heteroatoms. The van der Waals surface area contributed by atoms with Crippen LogP contribution in [0, 0.1) is 12.7 Å². The number of hydrogen-bond acceptors (Lipinski definition) is 3. The summed E-state index contributed by atoms with van der Waals surface area (Å²) in [5.41, 5.74) is 0.768. The molecular formula is C12H8Br2FN3O. The molecule has 0 radical (unpaired) electrons. The second-order valence-electron chi connectivity index (χ2n) is 3.77. The number of nitrogens with zero attached hydrogens (tertiary/aromatic N) is 2. The summed E-state index contributed by atoms with van der Waals surface area (Å²) < 4.78 is 14.5. The van der Waals surface area contributed by atoms with Gasteiger partial charge in [-0.05, 0) is 50.9 Å². The Hall–Kier alpha value is -1.34. The molecule has 0 aliphatic rings. The number of anilines is 1. The van der Waals surface area contributed by atoms with Gasteiger partial charge in [-0.3, -0.25) is 4.79 Å². The van der Waals surface area contributed by atoms with Crippen LogP contribution in [-0.2, 0) is 0 Å². The minimum atomic E-state index is -0.579. The highest BCUT2D eigenvalue weighted by Crippen LogP contribution is 2.20. The van der Waals surface area contributed by atoms with E-state index in [9.17, 15) is 9.18 Å². The minimum absolute atomic E-state index is 0.0309. The van der Waals surface area contributed by atoms with Gasteiger partial charge in [0.05, 0.1) is 11.8 Å². The van der Waals surface area contributed by atoms with E-state index in [1.54, 1.807) is 13.0 Å². The first-order valence-corrected chi connectivity index (χ1v) is 6.81. The Morgan fingerprint density at radius 3 is 2.79 bits per heavy atom. The molecule has 0 saturated carbocycles. The van der Waals surface area contributed by atoms with E-state index in [4.69, 9.17) is 0 Å². The van der Waals surface area contributed by atoms with Crippen molar-refractivity contribution in [2.24, 2.45) is 0 Å². The molecule has 0 atom stereocenters. The number of carbonyl (C=O) groups excluding carboxylic acids is 1. The Bertz CT molecular complexity index is 649. The summed E-state index contributed by atoms with van der Waals surface area (Å²) >= 11 is 6.32. The van der Waals surface area contributed by atoms with Crippen molar-refractivity contribution in [2.45, 2.75) is 6.92 Å². The Labute approximate surface area is 125 Å². The number of benzene rings is 1. The average molecular weight is 389 g/mol. The lowest BCUT2D eigenvalue weighted by Crippen LogP contribution is -2.15. The highest BCUT2D eigenvalue weighted by molar-refractivity contribution is 9.11. The van der Waals surface area contributed by atoms with Gasteiger partial charge in [-0.1, -0.05) is 11.6 Å². The average Bonchev–Trinajstić information content (AvgIpc) is 2.35. The van der Waals surface area contributed by atoms with Gasteiger partial charge < -0.3 is 5.32 Å². The molecular weight excluding hydrogens is 381 g/mol. The van der Waals surface area contributed by atoms with Gasteiger partial charge >= 0.3 is 0 Å². The van der Waals surface area contributed by atoms with Crippen molar-refractivity contribution in [3.05, 3.63) is 50.5 Å². The quantitative estimate of drug-likeness (QED) is 0.853. The Morgan fingerprint density at radius 2 is 2.11 bits per heavy atom. The van der Waals surface area contributed by atoms with Crippen LogP contribution >= 0.6 is 31.9 Å². The van der Waals surface area contributed by atoms with Crippen LogP contribution < -0.4 is 5.32 Å². The first-order valence-electron chi connectivity index (χ1n) is 5.23. The fraction of sp³-hybridized carbons (Fsp3) is 0.0833. The number of aryl methyl sites for hydroxylation is 1. The van der Waals surface area contributed by atoms with E-state index >= 15 is 0 Å². The molecule has 2 aromatic rings. The normalized spacial score (nSPS) is 10.3. The van der Waals surface area contributed by atoms with Crippen LogP contribution in [0.4, 0.5) is 10.2 Å². The van der Waals surface area contributed by atoms with Crippen molar-refractivity contribution in [1.82, 2.24) is 9.97 Å². The number of amides is 1. The molecule has 0 spiro atoms. The minimum Gasteiger partial charge on any atom is -0.304 e. The van der Waals surface area contributed by atoms with Crippen LogP contribution in [-0.4, -0.2) is 15.9 Å². The Balaban J connectivity index is 2.28. The molecule has 1 aromatic carbocycles. The van der Waals surface area contributed by atoms with E-state index in [0.29, 0.717) is 9.21 Å². The number of hydrogen-bond donors (Lipinski definition) is 1. The van der Waals surface area contributed by atoms with Crippen molar-refractivity contribution in [3.63, 3.8) is 0 Å². The maximum absolute atomic E-state index is 13.6. The predicted molar refractivity (Wildman–Crippen MR) is 76.5 cm³/mol. The van der Waals surface area contributed by atoms with Crippen LogP contribution in [0.3, 0.4) is 0 Å². The van der Waals surface area contributed by atoms with Crippen molar-refractivity contribution >= 4 is 43.6 Å². The number of halogens is 3. The molecule has 0 aliphatic carbocycles. The van der Waals surface area contributed by atoms with Crippen LogP contribution in [0.15, 0.2) is 33.6 Å². The van der Waals surface area contributed by atoms with Crippen molar-refractivity contribution in [1.29, 1.82) is 0 Å². The molecule has 98 valence electrons. The maximum atomic E-state index is 13.6. The highest BCUT2D eigenvalue weighted by atomic mass is 79.9. The summed E-state index contributed by atoms with van der Waals surface area (Å²) in [6.45, 7) is 1.78. The van der Waals surface area contributed by atoms with Gasteiger partial charge in [-0.25, -0.2) is 14.4 Å². The molecule has 4 nitrogen and oxygen atoms in total. The van der Waals surface area contributed by atoms with Gasteiger partial charge in [-0.2, -0.15) is 0 Å². The number of carbonyl (C=O) groups is 1. The fourth-order valence-corrected chi connectivity index (χ4v) is 2.33. The molecule has 0 aliphatic heterocycles. The van der Waals surface area contributed by atoms with Gasteiger partial charge in [0.1, 0.15) is 15.0 Å². The highest BCUT2D eigenvalue weighted by Gasteiger charge is 2.14. The van der Waals surface area contributed by atoms with Crippen LogP contribution in [0.1, 0.15) is 15.9 Å². The van der Waals surface area contributed by atoms with Gasteiger partial charge in [0, 0.05) is 0 Å². The SMILES string of the molecule is Cc1ccc(F)c(C(=O)Nc2ncc(Br)nc2Br)c1. The molecule has 2 rings (SSSR count). The first kappa shape index (κ1) is 14.1. The smallest absolute Gasteiger partial charge is 0.259 e. The summed E-state index contributed by atoms with van der Waals surface area (Å²) in [4.78, 5) is 20.0. The summed E-state index contributed by atoms with van der Waals surface area (Å²) in [7, 11) is 0. The second kappa shape index (κ2) is 5.75. The zero-order chi connectivity index (χ0) is 14.0. The van der Waals surface area contributed by atoms with E-state index in [-0.39, 0.29) is 11.4 Å². The summed E-state index contributed by atoms with van der Waals surface area (Å²) in [6, 6.07) is 4.33. The maximum Gasteiger partial charge on any atom is 0.259 e. The van der Waals surface area contributed by atoms with Gasteiger partial charge in [0.2, 0.25) is 0 Å². The Kier molecular flexibility index (Phi) is 4.26. The van der Waals surface area contributed by atoms with Crippen molar-refractivity contribution in [2.75, 3.05) is 5.32 Å². The third-order valence-corrected chi connectivity index (χ3v) is 3.23. The molecule has 1 N–H and O–H groups in total. The van der Waals surface area contributed by atoms with Gasteiger partial charge in [-0.15, -0.1) is 0 Å². The zero-order valence-electron chi connectivity index (χ0n) is 9.75. The molecule has 0 saturated heterocycles. The first-order chi connectivity index (χ1) is 8.97. The molecule has 0 bridgehead atoms. The lowest BCUT2D eigenvalue weighted by Gasteiger charge is -2.07. The Morgan fingerprint density at radius 1 is 1.37 bits per heavy atom. The fourth-order valence-electron chi connectivity index (χ4n) is 1.42. The van der Waals surface area contributed by atoms with Crippen molar-refractivity contribution in [3.8, 4) is 0 Å². The number of aromatic nitrogens is 2. The third kappa shape index (κ3) is 3.36. The topological polar surface area (TPSA) is 54.9 Å². The van der Waals surface area contributed by atoms with Crippen LogP contribution in [0.5, 0.6) is 0 Å². The lowest BCUT2D eigenvalue weighted by atomic mass is 10.1. The van der Waals surface area contributed by atoms with Crippen LogP contribution in [0.2, 0.25) is 0 Å². The number of nitrogens with one attached hydrogen (secondary N) is 1. The standard InChI is InChI=1S/C12H8Br2FN3O/c1-6-2-3-8(15)7(4-6)12(19)18-11-10(14)17-9(13)5-16-11/h2-5H,1H3,(H,16,18,19). The van der Waals surface area contributed by atoms with E-state index in [1.807, 2.05) is 0 Å². The predicted octanol–water partition coefficient (Wildman–Crippen LogP) is 3.70. The van der Waals surface area contributed by atoms with E-state index in [1.165, 1.54) is 18.3 Å². The van der Waals surface area contributed by atoms with E-state index in [0.717, 1.165) is 5.56 Å². The molecule has 1 heterocycles. The third-order valence-electron chi connectivity index (χ3n) is 2.30. The molecule has 0 unspecified atom stereocenters. The largest absolute Gasteiger partial charge is 0.304 e. The zero-order valence-corrected chi connectivity index (χ0v) is 12.9. The molecule has 1 amide bonds. The van der Waals surface area contributed by atoms with Gasteiger partial charge in [0.15, 0.2) is 5.82 Å². The molecule has 0 fully saturated rings. The summed E-state index contributed by atoms with van der Waals surface area (Å²) in [5, 5.41) is 2.50. The molecule has 19 heavy (non-hydrogen) atoms. The summed E-state index contributed by atoms with van der Waals surface area (Å²) in [5.74, 6) is -0.920. The summed E-state index contributed by atoms with van der Waals surface area (Å²) in [6.07, 6.45) is 1.44. The number of rotatable bonds is 2. The van der Waals surface area contributed by atoms with E-state index < -0.39 is 11.7 Å².